The Kier molecular flexibility index (Phi) is 5.76. The van der Waals surface area contributed by atoms with Crippen LogP contribution < -0.4 is 16.6 Å². The molecule has 19 heavy (non-hydrogen) atoms. The summed E-state index contributed by atoms with van der Waals surface area (Å²) in [5, 5.41) is 2.99. The van der Waals surface area contributed by atoms with E-state index in [-0.39, 0.29) is 11.9 Å². The number of pyridine rings is 1. The number of carbonyl (C=O) groups excluding carboxylic acids is 1. The minimum atomic E-state index is -0.0817. The van der Waals surface area contributed by atoms with Crippen LogP contribution in [0.5, 0.6) is 0 Å². The van der Waals surface area contributed by atoms with E-state index in [9.17, 15) is 4.79 Å². The van der Waals surface area contributed by atoms with E-state index in [1.165, 1.54) is 0 Å². The lowest BCUT2D eigenvalue weighted by atomic mass is 10.0. The van der Waals surface area contributed by atoms with Crippen LogP contribution in [0.4, 0.5) is 5.82 Å². The maximum Gasteiger partial charge on any atom is 0.251 e. The van der Waals surface area contributed by atoms with E-state index in [4.69, 9.17) is 5.84 Å². The first kappa shape index (κ1) is 15.4. The van der Waals surface area contributed by atoms with E-state index in [0.717, 1.165) is 18.5 Å². The van der Waals surface area contributed by atoms with Crippen LogP contribution >= 0.6 is 0 Å². The lowest BCUT2D eigenvalue weighted by Crippen LogP contribution is -2.33. The normalized spacial score (nSPS) is 12.3. The Balaban J connectivity index is 2.81. The van der Waals surface area contributed by atoms with E-state index in [1.807, 2.05) is 13.8 Å². The SMILES string of the molecule is CCc1cc(C(=O)NC(C)CC(C)C)cc(NN)n1. The molecule has 1 unspecified atom stereocenters. The number of nitrogens with zero attached hydrogens (tertiary/aromatic N) is 1. The van der Waals surface area contributed by atoms with Crippen molar-refractivity contribution >= 4 is 11.7 Å². The first-order valence-corrected chi connectivity index (χ1v) is 6.74. The second-order valence-electron chi connectivity index (χ2n) is 5.23. The van der Waals surface area contributed by atoms with E-state index in [0.29, 0.717) is 17.3 Å². The highest BCUT2D eigenvalue weighted by Gasteiger charge is 2.13. The number of carbonyl (C=O) groups is 1. The topological polar surface area (TPSA) is 80.0 Å². The molecule has 5 heteroatoms. The van der Waals surface area contributed by atoms with Gasteiger partial charge in [0, 0.05) is 17.3 Å². The molecule has 1 rings (SSSR count). The van der Waals surface area contributed by atoms with Crippen LogP contribution in [0.2, 0.25) is 0 Å². The van der Waals surface area contributed by atoms with E-state index < -0.39 is 0 Å². The molecule has 0 spiro atoms. The molecule has 1 heterocycles. The van der Waals surface area contributed by atoms with Crippen LogP contribution in [0.3, 0.4) is 0 Å². The van der Waals surface area contributed by atoms with Crippen molar-refractivity contribution in [2.24, 2.45) is 11.8 Å². The summed E-state index contributed by atoms with van der Waals surface area (Å²) in [6, 6.07) is 3.62. The number of hydrogen-bond acceptors (Lipinski definition) is 4. The maximum absolute atomic E-state index is 12.2. The third-order valence-corrected chi connectivity index (χ3v) is 2.85. The zero-order chi connectivity index (χ0) is 14.4. The maximum atomic E-state index is 12.2. The standard InChI is InChI=1S/C14H24N4O/c1-5-12-7-11(8-13(17-12)18-15)14(19)16-10(4)6-9(2)3/h7-10H,5-6,15H2,1-4H3,(H,16,19)(H,17,18). The smallest absolute Gasteiger partial charge is 0.251 e. The van der Waals surface area contributed by atoms with Crippen molar-refractivity contribution in [1.29, 1.82) is 0 Å². The summed E-state index contributed by atoms with van der Waals surface area (Å²) in [5.41, 5.74) is 3.93. The number of anilines is 1. The fourth-order valence-corrected chi connectivity index (χ4v) is 2.05. The van der Waals surface area contributed by atoms with Crippen LogP contribution in [-0.4, -0.2) is 16.9 Å². The van der Waals surface area contributed by atoms with Gasteiger partial charge in [-0.15, -0.1) is 0 Å². The number of nitrogen functional groups attached to an aromatic ring is 1. The van der Waals surface area contributed by atoms with Gasteiger partial charge in [-0.3, -0.25) is 4.79 Å². The molecule has 1 aromatic heterocycles. The molecular formula is C14H24N4O. The zero-order valence-corrected chi connectivity index (χ0v) is 12.2. The average molecular weight is 264 g/mol. The molecule has 0 radical (unpaired) electrons. The van der Waals surface area contributed by atoms with E-state index in [2.05, 4.69) is 29.6 Å². The van der Waals surface area contributed by atoms with Gasteiger partial charge in [0.2, 0.25) is 0 Å². The molecule has 5 nitrogen and oxygen atoms in total. The lowest BCUT2D eigenvalue weighted by Gasteiger charge is -2.16. The molecule has 0 aliphatic carbocycles. The van der Waals surface area contributed by atoms with Gasteiger partial charge < -0.3 is 10.7 Å². The summed E-state index contributed by atoms with van der Waals surface area (Å²) in [4.78, 5) is 16.4. The molecule has 0 aliphatic rings. The second kappa shape index (κ2) is 7.09. The first-order chi connectivity index (χ1) is 8.96. The Morgan fingerprint density at radius 1 is 1.37 bits per heavy atom. The summed E-state index contributed by atoms with van der Waals surface area (Å²) in [7, 11) is 0. The second-order valence-corrected chi connectivity index (χ2v) is 5.23. The first-order valence-electron chi connectivity index (χ1n) is 6.74. The van der Waals surface area contributed by atoms with Crippen LogP contribution in [0.1, 0.15) is 50.2 Å². The van der Waals surface area contributed by atoms with Gasteiger partial charge in [0.1, 0.15) is 5.82 Å². The van der Waals surface area contributed by atoms with E-state index in [1.54, 1.807) is 12.1 Å². The number of aromatic nitrogens is 1. The highest BCUT2D eigenvalue weighted by Crippen LogP contribution is 2.11. The average Bonchev–Trinajstić information content (AvgIpc) is 2.36. The minimum Gasteiger partial charge on any atom is -0.350 e. The van der Waals surface area contributed by atoms with Crippen LogP contribution in [0, 0.1) is 5.92 Å². The Hall–Kier alpha value is -1.62. The predicted octanol–water partition coefficient (Wildman–Crippen LogP) is 2.09. The minimum absolute atomic E-state index is 0.0817. The molecule has 0 bridgehead atoms. The molecule has 1 atom stereocenters. The van der Waals surface area contributed by atoms with Gasteiger partial charge in [0.15, 0.2) is 0 Å². The highest BCUT2D eigenvalue weighted by molar-refractivity contribution is 5.95. The van der Waals surface area contributed by atoms with Gasteiger partial charge in [0.05, 0.1) is 0 Å². The van der Waals surface area contributed by atoms with Crippen molar-refractivity contribution in [2.75, 3.05) is 5.43 Å². The Labute approximate surface area is 115 Å². The van der Waals surface area contributed by atoms with Crippen molar-refractivity contribution in [3.05, 3.63) is 23.4 Å². The fraction of sp³-hybridized carbons (Fsp3) is 0.571. The number of hydrogen-bond donors (Lipinski definition) is 3. The molecule has 0 fully saturated rings. The fourth-order valence-electron chi connectivity index (χ4n) is 2.05. The van der Waals surface area contributed by atoms with E-state index >= 15 is 0 Å². The molecule has 0 saturated heterocycles. The number of rotatable bonds is 6. The lowest BCUT2D eigenvalue weighted by molar-refractivity contribution is 0.0936. The number of hydrazine groups is 1. The summed E-state index contributed by atoms with van der Waals surface area (Å²) < 4.78 is 0. The van der Waals surface area contributed by atoms with Crippen LogP contribution in [0.15, 0.2) is 12.1 Å². The van der Waals surface area contributed by atoms with Crippen LogP contribution in [-0.2, 0) is 6.42 Å². The molecule has 4 N–H and O–H groups in total. The summed E-state index contributed by atoms with van der Waals surface area (Å²) in [6.45, 7) is 8.29. The number of aryl methyl sites for hydroxylation is 1. The monoisotopic (exact) mass is 264 g/mol. The van der Waals surface area contributed by atoms with Gasteiger partial charge in [-0.2, -0.15) is 0 Å². The largest absolute Gasteiger partial charge is 0.350 e. The van der Waals surface area contributed by atoms with Gasteiger partial charge in [0.25, 0.3) is 5.91 Å². The van der Waals surface area contributed by atoms with Crippen LogP contribution in [0.25, 0.3) is 0 Å². The molecular weight excluding hydrogens is 240 g/mol. The molecule has 0 aromatic carbocycles. The van der Waals surface area contributed by atoms with Crippen molar-refractivity contribution in [3.63, 3.8) is 0 Å². The summed E-state index contributed by atoms with van der Waals surface area (Å²) in [5.74, 6) is 6.35. The zero-order valence-electron chi connectivity index (χ0n) is 12.2. The third kappa shape index (κ3) is 4.87. The Bertz CT molecular complexity index is 409. The highest BCUT2D eigenvalue weighted by atomic mass is 16.1. The molecule has 0 aliphatic heterocycles. The van der Waals surface area contributed by atoms with Crippen molar-refractivity contribution < 1.29 is 4.79 Å². The van der Waals surface area contributed by atoms with Gasteiger partial charge in [-0.05, 0) is 37.8 Å². The molecule has 1 aromatic rings. The Morgan fingerprint density at radius 3 is 2.58 bits per heavy atom. The van der Waals surface area contributed by atoms with Gasteiger partial charge in [-0.1, -0.05) is 20.8 Å². The molecule has 106 valence electrons. The van der Waals surface area contributed by atoms with Crippen molar-refractivity contribution in [2.45, 2.75) is 46.6 Å². The predicted molar refractivity (Wildman–Crippen MR) is 77.8 cm³/mol. The van der Waals surface area contributed by atoms with Crippen molar-refractivity contribution in [3.8, 4) is 0 Å². The number of nitrogens with two attached hydrogens (primary N) is 1. The summed E-state index contributed by atoms with van der Waals surface area (Å²) in [6.07, 6.45) is 1.72. The quantitative estimate of drug-likeness (QED) is 0.543. The Morgan fingerprint density at radius 2 is 2.05 bits per heavy atom. The molecule has 0 saturated carbocycles. The number of nitrogens with one attached hydrogen (secondary N) is 2. The summed E-state index contributed by atoms with van der Waals surface area (Å²) >= 11 is 0. The number of amides is 1. The molecule has 1 amide bonds. The van der Waals surface area contributed by atoms with Gasteiger partial charge in [-0.25, -0.2) is 10.8 Å². The van der Waals surface area contributed by atoms with Crippen molar-refractivity contribution in [1.82, 2.24) is 10.3 Å². The van der Waals surface area contributed by atoms with Gasteiger partial charge >= 0.3 is 0 Å². The third-order valence-electron chi connectivity index (χ3n) is 2.85.